The Morgan fingerprint density at radius 2 is 1.25 bits per heavy atom. The highest BCUT2D eigenvalue weighted by molar-refractivity contribution is 4.99. The van der Waals surface area contributed by atoms with Gasteiger partial charge in [0.2, 0.25) is 0 Å². The van der Waals surface area contributed by atoms with Crippen molar-refractivity contribution in [3.63, 3.8) is 0 Å². The molecule has 4 heterocycles. The van der Waals surface area contributed by atoms with Crippen LogP contribution in [-0.2, 0) is 28.4 Å². The van der Waals surface area contributed by atoms with Crippen LogP contribution in [0.1, 0.15) is 45.4 Å². The van der Waals surface area contributed by atoms with Gasteiger partial charge >= 0.3 is 0 Å². The largest absolute Gasteiger partial charge is 0.427 e. The fourth-order valence-corrected chi connectivity index (χ4v) is 8.66. The van der Waals surface area contributed by atoms with Crippen molar-refractivity contribution in [3.8, 4) is 0 Å². The van der Waals surface area contributed by atoms with E-state index in [1.54, 1.807) is 0 Å². The molecule has 53 heavy (non-hydrogen) atoms. The Labute approximate surface area is 305 Å². The lowest BCUT2D eigenvalue weighted by Gasteiger charge is -2.49. The van der Waals surface area contributed by atoms with E-state index in [2.05, 4.69) is 0 Å². The summed E-state index contributed by atoms with van der Waals surface area (Å²) in [6.45, 7) is 0.0873. The smallest absolute Gasteiger partial charge is 0.187 e. The van der Waals surface area contributed by atoms with Crippen molar-refractivity contribution in [2.75, 3.05) is 13.2 Å². The molecule has 6 fully saturated rings. The third-order valence-corrected chi connectivity index (χ3v) is 11.9. The lowest BCUT2D eigenvalue weighted by atomic mass is 9.72. The maximum atomic E-state index is 11.7. The molecule has 308 valence electrons. The summed E-state index contributed by atoms with van der Waals surface area (Å²) >= 11 is 0. The Bertz CT molecular complexity index is 1170. The van der Waals surface area contributed by atoms with Crippen LogP contribution in [0.5, 0.6) is 0 Å². The first-order chi connectivity index (χ1) is 25.1. The number of rotatable bonds is 9. The molecule has 0 amide bonds. The Balaban J connectivity index is 1.25. The second-order valence-corrected chi connectivity index (χ2v) is 15.5. The van der Waals surface area contributed by atoms with Crippen molar-refractivity contribution in [2.45, 2.75) is 180 Å². The minimum atomic E-state index is -1.90. The van der Waals surface area contributed by atoms with Crippen LogP contribution in [0, 0.1) is 11.8 Å². The number of fused-ring (bicyclic) bond motifs is 1. The van der Waals surface area contributed by atoms with E-state index in [0.29, 0.717) is 12.8 Å². The maximum absolute atomic E-state index is 11.7. The summed E-state index contributed by atoms with van der Waals surface area (Å²) in [7, 11) is 0. The quantitative estimate of drug-likeness (QED) is 0.0968. The van der Waals surface area contributed by atoms with Crippen molar-refractivity contribution in [2.24, 2.45) is 11.8 Å². The van der Waals surface area contributed by atoms with Gasteiger partial charge in [0, 0.05) is 18.8 Å². The molecule has 0 aromatic carbocycles. The molecule has 0 aromatic rings. The van der Waals surface area contributed by atoms with E-state index in [1.165, 1.54) is 6.92 Å². The fraction of sp³-hybridized carbons (Fsp3) is 1.00. The van der Waals surface area contributed by atoms with Crippen LogP contribution in [0.25, 0.3) is 0 Å². The van der Waals surface area contributed by atoms with Gasteiger partial charge in [-0.3, -0.25) is 0 Å². The van der Waals surface area contributed by atoms with Gasteiger partial charge in [0.25, 0.3) is 0 Å². The van der Waals surface area contributed by atoms with E-state index in [1.807, 2.05) is 0 Å². The third-order valence-electron chi connectivity index (χ3n) is 11.9. The monoisotopic (exact) mass is 773 g/mol. The highest BCUT2D eigenvalue weighted by Gasteiger charge is 2.56. The molecule has 14 N–H and O–H groups in total. The Morgan fingerprint density at radius 1 is 0.585 bits per heavy atom. The first-order valence-corrected chi connectivity index (χ1v) is 18.5. The van der Waals surface area contributed by atoms with Crippen LogP contribution >= 0.6 is 0 Å². The molecule has 4 aliphatic heterocycles. The average Bonchev–Trinajstić information content (AvgIpc) is 3.12. The van der Waals surface area contributed by atoms with Crippen molar-refractivity contribution >= 4 is 0 Å². The van der Waals surface area contributed by atoms with Gasteiger partial charge in [-0.2, -0.15) is 0 Å². The Kier molecular flexibility index (Phi) is 13.7. The van der Waals surface area contributed by atoms with Gasteiger partial charge in [0.15, 0.2) is 31.1 Å². The predicted molar refractivity (Wildman–Crippen MR) is 171 cm³/mol. The second kappa shape index (κ2) is 17.4. The van der Waals surface area contributed by atoms with Gasteiger partial charge in [0.1, 0.15) is 73.2 Å². The van der Waals surface area contributed by atoms with E-state index in [4.69, 9.17) is 33.2 Å². The highest BCUT2D eigenvalue weighted by atomic mass is 16.8. The zero-order valence-electron chi connectivity index (χ0n) is 29.2. The summed E-state index contributed by atoms with van der Waals surface area (Å²) in [6.07, 6.45) is -28.4. The molecular weight excluding hydrogens is 716 g/mol. The summed E-state index contributed by atoms with van der Waals surface area (Å²) in [5, 5.41) is 137. The molecule has 4 saturated heterocycles. The molecule has 20 heteroatoms. The van der Waals surface area contributed by atoms with Crippen molar-refractivity contribution < 1.29 is 99.5 Å². The standard InChI is InChI=1S/C33H56O20/c1-10-21(39)24(42)26(44)31(48-10)47-9-20-23(41)30(53-32-27(45)25(43)22(40)19(8-34)51-32)28(46)33(52-20)50-18-7-13-15(37)5-12(35)6-17(13)49-29(18)11-2-3-14(36)16(38)4-11/h10-46H,2-9H2,1H3/p+1/t10-,11?,12?,13?,14?,15?,16?,17?,18?,19+,20+,21-,22+,23+,24+,25-,26+,27+,28+,29?,30-,31+,32-,33+/m0/s1. The number of aliphatic hydroxyl groups is 15. The molecule has 24 atom stereocenters. The van der Waals surface area contributed by atoms with Crippen LogP contribution in [0.15, 0.2) is 0 Å². The summed E-state index contributed by atoms with van der Waals surface area (Å²) in [5.74, 6) is -0.755. The van der Waals surface area contributed by atoms with Gasteiger partial charge in [-0.25, -0.2) is 0 Å². The average molecular weight is 774 g/mol. The molecule has 6 aliphatic rings. The van der Waals surface area contributed by atoms with Gasteiger partial charge < -0.3 is 99.5 Å². The normalized spacial score (nSPS) is 55.4. The fourth-order valence-electron chi connectivity index (χ4n) is 8.66. The van der Waals surface area contributed by atoms with Gasteiger partial charge in [0.05, 0.1) is 49.7 Å². The van der Waals surface area contributed by atoms with Crippen molar-refractivity contribution in [3.05, 3.63) is 0 Å². The lowest BCUT2D eigenvalue weighted by molar-refractivity contribution is -0.383. The Hall–Kier alpha value is -0.800. The molecule has 0 spiro atoms. The molecule has 2 saturated carbocycles. The predicted octanol–water partition coefficient (Wildman–Crippen LogP) is -6.83. The zero-order chi connectivity index (χ0) is 38.5. The van der Waals surface area contributed by atoms with Crippen LogP contribution in [0.3, 0.4) is 0 Å². The molecule has 0 bridgehead atoms. The molecule has 0 aromatic heterocycles. The first-order valence-electron chi connectivity index (χ1n) is 18.5. The lowest BCUT2D eigenvalue weighted by Crippen LogP contribution is -2.66. The Morgan fingerprint density at radius 3 is 1.94 bits per heavy atom. The first kappa shape index (κ1) is 41.8. The summed E-state index contributed by atoms with van der Waals surface area (Å²) in [4.78, 5) is 0. The molecule has 2 aliphatic carbocycles. The summed E-state index contributed by atoms with van der Waals surface area (Å²) in [5.41, 5.74) is 0. The van der Waals surface area contributed by atoms with Gasteiger partial charge in [-0.05, 0) is 32.6 Å². The van der Waals surface area contributed by atoms with E-state index >= 15 is 0 Å². The number of hydrogen-bond donors (Lipinski definition) is 13. The molecule has 9 unspecified atom stereocenters. The number of hydrogen-bond acceptors (Lipinski definition) is 19. The number of ether oxygens (including phenoxy) is 7. The minimum Gasteiger partial charge on any atom is -0.427 e. The van der Waals surface area contributed by atoms with Crippen molar-refractivity contribution in [1.29, 1.82) is 0 Å². The van der Waals surface area contributed by atoms with Gasteiger partial charge in [-0.1, -0.05) is 0 Å². The maximum Gasteiger partial charge on any atom is 0.187 e. The highest BCUT2D eigenvalue weighted by Crippen LogP contribution is 2.42. The van der Waals surface area contributed by atoms with Crippen LogP contribution in [-0.4, -0.2) is 219 Å². The van der Waals surface area contributed by atoms with E-state index in [0.717, 1.165) is 0 Å². The second-order valence-electron chi connectivity index (χ2n) is 15.5. The van der Waals surface area contributed by atoms with E-state index in [-0.39, 0.29) is 31.6 Å². The molecule has 20 nitrogen and oxygen atoms in total. The number of aliphatic hydroxyl groups excluding tert-OH is 13. The zero-order valence-corrected chi connectivity index (χ0v) is 29.2. The van der Waals surface area contributed by atoms with Crippen LogP contribution < -0.4 is 0 Å². The third kappa shape index (κ3) is 8.72. The summed E-state index contributed by atoms with van der Waals surface area (Å²) in [6, 6.07) is 0. The minimum absolute atomic E-state index is 0.116. The van der Waals surface area contributed by atoms with E-state index in [9.17, 15) is 66.4 Å². The van der Waals surface area contributed by atoms with E-state index < -0.39 is 154 Å². The van der Waals surface area contributed by atoms with Crippen LogP contribution in [0.2, 0.25) is 0 Å². The van der Waals surface area contributed by atoms with Crippen LogP contribution in [0.4, 0.5) is 0 Å². The van der Waals surface area contributed by atoms with Crippen molar-refractivity contribution in [1.82, 2.24) is 0 Å². The molecule has 0 radical (unpaired) electrons. The summed E-state index contributed by atoms with van der Waals surface area (Å²) < 4.78 is 40.0. The molecular formula is C33H57O20+. The SMILES string of the molecule is C[C@@H]1O[C@@H](OC[C@H]2O[C@@H](OC3CC4C(O)CC(O)CC4[OH+]C3C3CCC(O)C(O)C3)[C@H](O)[C@@H](O[C@@H]3O[C@H](CO)[C@@H](O)[C@H](O)[C@H]3O)[C@@H]2O)[C@H](O)[C@H](O)[C@H]1O. The topological polar surface area (TPSA) is 331 Å². The molecule has 6 rings (SSSR count). The van der Waals surface area contributed by atoms with Gasteiger partial charge in [-0.15, -0.1) is 0 Å².